The molecular formula is C9H18N2O4S. The van der Waals surface area contributed by atoms with Gasteiger partial charge in [0.05, 0.1) is 0 Å². The van der Waals surface area contributed by atoms with Crippen LogP contribution in [0.15, 0.2) is 0 Å². The topological polar surface area (TPSA) is 77.9 Å². The molecule has 0 bridgehead atoms. The van der Waals surface area contributed by atoms with Crippen molar-refractivity contribution >= 4 is 16.2 Å². The average Bonchev–Trinajstić information content (AvgIpc) is 2.66. The highest BCUT2D eigenvalue weighted by Gasteiger charge is 2.40. The van der Waals surface area contributed by atoms with Gasteiger partial charge in [0.15, 0.2) is 0 Å². The molecule has 0 aromatic carbocycles. The van der Waals surface area contributed by atoms with Gasteiger partial charge in [-0.05, 0) is 19.3 Å². The molecule has 0 aromatic rings. The first-order valence-electron chi connectivity index (χ1n) is 5.37. The zero-order chi connectivity index (χ0) is 12.3. The highest BCUT2D eigenvalue weighted by Crippen LogP contribution is 2.22. The number of nitrogens with zero attached hydrogens (tertiary/aromatic N) is 2. The monoisotopic (exact) mass is 250 g/mol. The molecular weight excluding hydrogens is 232 g/mol. The molecule has 0 radical (unpaired) electrons. The molecule has 1 saturated heterocycles. The molecule has 0 aromatic heterocycles. The minimum Gasteiger partial charge on any atom is -0.480 e. The minimum atomic E-state index is -3.61. The summed E-state index contributed by atoms with van der Waals surface area (Å²) in [6.07, 6.45) is 1.71. The summed E-state index contributed by atoms with van der Waals surface area (Å²) in [7, 11) is -2.13. The Morgan fingerprint density at radius 1 is 1.56 bits per heavy atom. The van der Waals surface area contributed by atoms with Gasteiger partial charge < -0.3 is 5.11 Å². The maximum Gasteiger partial charge on any atom is 0.322 e. The lowest BCUT2D eigenvalue weighted by Gasteiger charge is -2.26. The van der Waals surface area contributed by atoms with Crippen LogP contribution >= 0.6 is 0 Å². The quantitative estimate of drug-likeness (QED) is 0.752. The number of hydrogen-bond donors (Lipinski definition) is 1. The number of carboxylic acids is 1. The fourth-order valence-corrected chi connectivity index (χ4v) is 3.52. The lowest BCUT2D eigenvalue weighted by Crippen LogP contribution is -2.47. The van der Waals surface area contributed by atoms with Gasteiger partial charge in [-0.1, -0.05) is 6.92 Å². The molecule has 0 amide bonds. The number of carboxylic acid groups (broad SMARTS) is 1. The molecule has 94 valence electrons. The molecule has 1 aliphatic heterocycles. The zero-order valence-electron chi connectivity index (χ0n) is 9.59. The van der Waals surface area contributed by atoms with E-state index < -0.39 is 22.2 Å². The molecule has 0 unspecified atom stereocenters. The molecule has 1 fully saturated rings. The lowest BCUT2D eigenvalue weighted by molar-refractivity contribution is -0.140. The Bertz CT molecular complexity index is 355. The maximum atomic E-state index is 12.0. The molecule has 1 atom stereocenters. The Labute approximate surface area is 96.0 Å². The fourth-order valence-electron chi connectivity index (χ4n) is 1.87. The largest absolute Gasteiger partial charge is 0.480 e. The van der Waals surface area contributed by atoms with E-state index in [4.69, 9.17) is 5.11 Å². The van der Waals surface area contributed by atoms with E-state index in [0.717, 1.165) is 4.31 Å². The predicted molar refractivity (Wildman–Crippen MR) is 59.2 cm³/mol. The summed E-state index contributed by atoms with van der Waals surface area (Å²) >= 11 is 0. The normalized spacial score (nSPS) is 22.8. The SMILES string of the molecule is CCCN(C)S(=O)(=O)N1CCC[C@H]1C(=O)O. The first kappa shape index (κ1) is 13.4. The van der Waals surface area contributed by atoms with Crippen molar-refractivity contribution in [2.45, 2.75) is 32.2 Å². The Hall–Kier alpha value is -0.660. The molecule has 1 aliphatic rings. The molecule has 16 heavy (non-hydrogen) atoms. The van der Waals surface area contributed by atoms with E-state index in [9.17, 15) is 13.2 Å². The van der Waals surface area contributed by atoms with Crippen LogP contribution in [-0.4, -0.2) is 54.3 Å². The van der Waals surface area contributed by atoms with Crippen molar-refractivity contribution in [3.05, 3.63) is 0 Å². The summed E-state index contributed by atoms with van der Waals surface area (Å²) in [6.45, 7) is 2.59. The molecule has 1 heterocycles. The smallest absolute Gasteiger partial charge is 0.322 e. The van der Waals surface area contributed by atoms with Crippen LogP contribution in [0.2, 0.25) is 0 Å². The van der Waals surface area contributed by atoms with Gasteiger partial charge >= 0.3 is 5.97 Å². The number of rotatable bonds is 5. The molecule has 7 heteroatoms. The Kier molecular flexibility index (Phi) is 4.28. The van der Waals surface area contributed by atoms with Gasteiger partial charge in [0.1, 0.15) is 6.04 Å². The summed E-state index contributed by atoms with van der Waals surface area (Å²) < 4.78 is 26.4. The van der Waals surface area contributed by atoms with Crippen molar-refractivity contribution in [1.82, 2.24) is 8.61 Å². The van der Waals surface area contributed by atoms with Crippen LogP contribution in [0.4, 0.5) is 0 Å². The molecule has 1 N–H and O–H groups in total. The van der Waals surface area contributed by atoms with Crippen molar-refractivity contribution in [2.24, 2.45) is 0 Å². The summed E-state index contributed by atoms with van der Waals surface area (Å²) in [5.41, 5.74) is 0. The van der Waals surface area contributed by atoms with E-state index in [2.05, 4.69) is 0 Å². The van der Waals surface area contributed by atoms with Gasteiger partial charge in [0, 0.05) is 20.1 Å². The zero-order valence-corrected chi connectivity index (χ0v) is 10.4. The summed E-state index contributed by atoms with van der Waals surface area (Å²) in [6, 6.07) is -0.899. The molecule has 0 aliphatic carbocycles. The fraction of sp³-hybridized carbons (Fsp3) is 0.889. The second kappa shape index (κ2) is 5.11. The van der Waals surface area contributed by atoms with Crippen LogP contribution in [0.1, 0.15) is 26.2 Å². The van der Waals surface area contributed by atoms with E-state index >= 15 is 0 Å². The van der Waals surface area contributed by atoms with Crippen molar-refractivity contribution in [1.29, 1.82) is 0 Å². The van der Waals surface area contributed by atoms with Crippen LogP contribution in [0.25, 0.3) is 0 Å². The van der Waals surface area contributed by atoms with Crippen molar-refractivity contribution < 1.29 is 18.3 Å². The highest BCUT2D eigenvalue weighted by atomic mass is 32.2. The van der Waals surface area contributed by atoms with Gasteiger partial charge in [0.2, 0.25) is 0 Å². The van der Waals surface area contributed by atoms with Crippen LogP contribution in [0.3, 0.4) is 0 Å². The molecule has 0 spiro atoms. The van der Waals surface area contributed by atoms with Crippen LogP contribution in [-0.2, 0) is 15.0 Å². The Balaban J connectivity index is 2.86. The van der Waals surface area contributed by atoms with Crippen molar-refractivity contribution in [3.63, 3.8) is 0 Å². The third-order valence-corrected chi connectivity index (χ3v) is 4.72. The van der Waals surface area contributed by atoms with Crippen LogP contribution in [0, 0.1) is 0 Å². The molecule has 1 rings (SSSR count). The second-order valence-electron chi connectivity index (χ2n) is 3.94. The first-order chi connectivity index (χ1) is 7.41. The minimum absolute atomic E-state index is 0.299. The number of carbonyl (C=O) groups is 1. The summed E-state index contributed by atoms with van der Waals surface area (Å²) in [4.78, 5) is 10.9. The number of aliphatic carboxylic acids is 1. The highest BCUT2D eigenvalue weighted by molar-refractivity contribution is 7.86. The average molecular weight is 250 g/mol. The third kappa shape index (κ3) is 2.53. The van der Waals surface area contributed by atoms with Crippen LogP contribution < -0.4 is 0 Å². The standard InChI is InChI=1S/C9H18N2O4S/c1-3-6-10(2)16(14,15)11-7-4-5-8(11)9(12)13/h8H,3-7H2,1-2H3,(H,12,13)/t8-/m0/s1. The first-order valence-corrected chi connectivity index (χ1v) is 6.77. The van der Waals surface area contributed by atoms with E-state index in [0.29, 0.717) is 32.4 Å². The van der Waals surface area contributed by atoms with Gasteiger partial charge in [-0.2, -0.15) is 17.0 Å². The Morgan fingerprint density at radius 2 is 2.19 bits per heavy atom. The van der Waals surface area contributed by atoms with Crippen molar-refractivity contribution in [3.8, 4) is 0 Å². The van der Waals surface area contributed by atoms with E-state index in [1.165, 1.54) is 11.4 Å². The van der Waals surface area contributed by atoms with E-state index in [1.807, 2.05) is 6.92 Å². The molecule has 6 nitrogen and oxygen atoms in total. The predicted octanol–water partition coefficient (Wildman–Crippen LogP) is 0.122. The maximum absolute atomic E-state index is 12.0. The third-order valence-electron chi connectivity index (χ3n) is 2.72. The lowest BCUT2D eigenvalue weighted by atomic mass is 10.2. The van der Waals surface area contributed by atoms with E-state index in [-0.39, 0.29) is 0 Å². The Morgan fingerprint density at radius 3 is 2.69 bits per heavy atom. The van der Waals surface area contributed by atoms with Crippen molar-refractivity contribution in [2.75, 3.05) is 20.1 Å². The van der Waals surface area contributed by atoms with Gasteiger partial charge in [-0.3, -0.25) is 4.79 Å². The van der Waals surface area contributed by atoms with Gasteiger partial charge in [-0.15, -0.1) is 0 Å². The van der Waals surface area contributed by atoms with E-state index in [1.54, 1.807) is 0 Å². The number of hydrogen-bond acceptors (Lipinski definition) is 3. The summed E-state index contributed by atoms with van der Waals surface area (Å²) in [5.74, 6) is -1.06. The van der Waals surface area contributed by atoms with Gasteiger partial charge in [0.25, 0.3) is 10.2 Å². The second-order valence-corrected chi connectivity index (χ2v) is 5.92. The summed E-state index contributed by atoms with van der Waals surface area (Å²) in [5, 5.41) is 8.93. The van der Waals surface area contributed by atoms with Crippen LogP contribution in [0.5, 0.6) is 0 Å². The van der Waals surface area contributed by atoms with Gasteiger partial charge in [-0.25, -0.2) is 0 Å². The molecule has 0 saturated carbocycles.